The third kappa shape index (κ3) is 6.93. The van der Waals surface area contributed by atoms with Gasteiger partial charge in [-0.25, -0.2) is 4.79 Å². The van der Waals surface area contributed by atoms with Gasteiger partial charge in [0.1, 0.15) is 0 Å². The summed E-state index contributed by atoms with van der Waals surface area (Å²) in [5.41, 5.74) is 1.46. The first-order valence-electron chi connectivity index (χ1n) is 12.4. The molecule has 0 radical (unpaired) electrons. The summed E-state index contributed by atoms with van der Waals surface area (Å²) in [6.07, 6.45) is 8.85. The monoisotopic (exact) mass is 466 g/mol. The second-order valence-corrected chi connectivity index (χ2v) is 10.2. The van der Waals surface area contributed by atoms with E-state index in [-0.39, 0.29) is 17.4 Å². The second kappa shape index (κ2) is 11.7. The lowest BCUT2D eigenvalue weighted by atomic mass is 9.76. The molecule has 1 aliphatic carbocycles. The van der Waals surface area contributed by atoms with Crippen LogP contribution in [0.5, 0.6) is 0 Å². The van der Waals surface area contributed by atoms with Crippen LogP contribution >= 0.6 is 0 Å². The van der Waals surface area contributed by atoms with Crippen LogP contribution in [0.2, 0.25) is 0 Å². The smallest absolute Gasteiger partial charge is 0.407 e. The van der Waals surface area contributed by atoms with Crippen molar-refractivity contribution in [2.45, 2.75) is 77.1 Å². The first kappa shape index (κ1) is 26.0. The molecule has 4 aliphatic rings. The molecule has 4 fully saturated rings. The Kier molecular flexibility index (Phi) is 9.18. The van der Waals surface area contributed by atoms with Crippen LogP contribution in [0.4, 0.5) is 4.79 Å². The molecule has 4 atom stereocenters. The van der Waals surface area contributed by atoms with Crippen molar-refractivity contribution < 1.29 is 28.9 Å². The quantitative estimate of drug-likeness (QED) is 0.475. The van der Waals surface area contributed by atoms with Gasteiger partial charge in [0.15, 0.2) is 0 Å². The number of allylic oxidation sites excluding steroid dienone is 1. The summed E-state index contributed by atoms with van der Waals surface area (Å²) in [6, 6.07) is 0. The van der Waals surface area contributed by atoms with E-state index in [0.717, 1.165) is 6.42 Å². The minimum absolute atomic E-state index is 0.0764. The van der Waals surface area contributed by atoms with Crippen molar-refractivity contribution in [1.29, 1.82) is 0 Å². The van der Waals surface area contributed by atoms with E-state index in [0.29, 0.717) is 63.9 Å². The number of hydrogen-bond donors (Lipinski definition) is 1. The fraction of sp³-hybridized carbons (Fsp3) is 0.840. The minimum Gasteiger partial charge on any atom is -0.465 e. The maximum absolute atomic E-state index is 11.8. The average molecular weight is 467 g/mol. The van der Waals surface area contributed by atoms with Gasteiger partial charge in [0, 0.05) is 51.5 Å². The third-order valence-electron chi connectivity index (χ3n) is 7.51. The lowest BCUT2D eigenvalue weighted by Gasteiger charge is -2.38. The zero-order valence-electron chi connectivity index (χ0n) is 20.8. The van der Waals surface area contributed by atoms with E-state index >= 15 is 0 Å². The Hall–Kier alpha value is -1.64. The Labute approximate surface area is 198 Å². The van der Waals surface area contributed by atoms with Crippen LogP contribution in [-0.2, 0) is 19.0 Å². The second-order valence-electron chi connectivity index (χ2n) is 10.2. The number of ether oxygens (including phenoxy) is 3. The Morgan fingerprint density at radius 3 is 2.39 bits per heavy atom. The number of carbonyl (C=O) groups is 2. The number of rotatable bonds is 6. The number of methoxy groups -OCH3 is 1. The highest BCUT2D eigenvalue weighted by Crippen LogP contribution is 2.50. The summed E-state index contributed by atoms with van der Waals surface area (Å²) in [4.78, 5) is 25.4. The molecule has 1 saturated carbocycles. The summed E-state index contributed by atoms with van der Waals surface area (Å²) < 4.78 is 16.8. The SMILES string of the molecule is COC1CCCCC1C1(C)OC1CC=C(C)C.O=C(O)N1CC(CC(=O)N2CCOCC2)C1. The topological polar surface area (TPSA) is 91.8 Å². The molecule has 4 unspecified atom stereocenters. The Morgan fingerprint density at radius 1 is 1.12 bits per heavy atom. The van der Waals surface area contributed by atoms with Gasteiger partial charge in [-0.2, -0.15) is 0 Å². The normalized spacial score (nSPS) is 31.7. The highest BCUT2D eigenvalue weighted by molar-refractivity contribution is 5.77. The molecule has 0 bridgehead atoms. The fourth-order valence-corrected chi connectivity index (χ4v) is 5.30. The first-order valence-corrected chi connectivity index (χ1v) is 12.4. The van der Waals surface area contributed by atoms with Crippen molar-refractivity contribution in [3.8, 4) is 0 Å². The van der Waals surface area contributed by atoms with Crippen LogP contribution in [0.3, 0.4) is 0 Å². The summed E-state index contributed by atoms with van der Waals surface area (Å²) in [7, 11) is 1.85. The third-order valence-corrected chi connectivity index (χ3v) is 7.51. The van der Waals surface area contributed by atoms with Crippen LogP contribution < -0.4 is 0 Å². The van der Waals surface area contributed by atoms with Gasteiger partial charge in [-0.3, -0.25) is 4.79 Å². The summed E-state index contributed by atoms with van der Waals surface area (Å²) in [5.74, 6) is 0.918. The summed E-state index contributed by atoms with van der Waals surface area (Å²) in [6.45, 7) is 10.1. The molecule has 8 nitrogen and oxygen atoms in total. The Balaban J connectivity index is 0.000000186. The molecule has 0 aromatic carbocycles. The Bertz CT molecular complexity index is 697. The first-order chi connectivity index (χ1) is 15.7. The minimum atomic E-state index is -0.893. The molecule has 4 rings (SSSR count). The van der Waals surface area contributed by atoms with Crippen LogP contribution in [0.25, 0.3) is 0 Å². The molecule has 0 aromatic rings. The number of nitrogens with zero attached hydrogens (tertiary/aromatic N) is 2. The molecule has 1 N–H and O–H groups in total. The largest absolute Gasteiger partial charge is 0.465 e. The molecule has 0 spiro atoms. The van der Waals surface area contributed by atoms with Crippen LogP contribution in [0, 0.1) is 11.8 Å². The predicted octanol–water partition coefficient (Wildman–Crippen LogP) is 3.55. The van der Waals surface area contributed by atoms with Gasteiger partial charge >= 0.3 is 6.09 Å². The number of likely N-dealkylation sites (tertiary alicyclic amines) is 1. The van der Waals surface area contributed by atoms with E-state index in [1.807, 2.05) is 7.11 Å². The molecule has 3 aliphatic heterocycles. The van der Waals surface area contributed by atoms with Crippen molar-refractivity contribution in [3.05, 3.63) is 11.6 Å². The van der Waals surface area contributed by atoms with E-state index in [1.54, 1.807) is 4.90 Å². The van der Waals surface area contributed by atoms with E-state index in [9.17, 15) is 9.59 Å². The van der Waals surface area contributed by atoms with Crippen molar-refractivity contribution in [2.24, 2.45) is 11.8 Å². The van der Waals surface area contributed by atoms with Gasteiger partial charge in [-0.05, 0) is 40.0 Å². The van der Waals surface area contributed by atoms with Gasteiger partial charge in [0.05, 0.1) is 31.0 Å². The van der Waals surface area contributed by atoms with Crippen molar-refractivity contribution >= 4 is 12.0 Å². The van der Waals surface area contributed by atoms with Crippen molar-refractivity contribution in [3.63, 3.8) is 0 Å². The molecule has 33 heavy (non-hydrogen) atoms. The maximum Gasteiger partial charge on any atom is 0.407 e. The van der Waals surface area contributed by atoms with Crippen molar-refractivity contribution in [2.75, 3.05) is 46.5 Å². The molecule has 188 valence electrons. The van der Waals surface area contributed by atoms with Gasteiger partial charge < -0.3 is 29.1 Å². The maximum atomic E-state index is 11.8. The number of carboxylic acid groups (broad SMARTS) is 1. The molecule has 3 heterocycles. The van der Waals surface area contributed by atoms with E-state index in [1.165, 1.54) is 36.2 Å². The Morgan fingerprint density at radius 2 is 1.79 bits per heavy atom. The molecule has 3 saturated heterocycles. The van der Waals surface area contributed by atoms with Crippen LogP contribution in [0.1, 0.15) is 59.3 Å². The van der Waals surface area contributed by atoms with E-state index < -0.39 is 6.09 Å². The molecular formula is C25H42N2O6. The highest BCUT2D eigenvalue weighted by atomic mass is 16.6. The van der Waals surface area contributed by atoms with Gasteiger partial charge in [0.2, 0.25) is 5.91 Å². The van der Waals surface area contributed by atoms with E-state index in [2.05, 4.69) is 26.8 Å². The van der Waals surface area contributed by atoms with Crippen LogP contribution in [-0.4, -0.2) is 91.2 Å². The zero-order valence-corrected chi connectivity index (χ0v) is 20.8. The molecular weight excluding hydrogens is 424 g/mol. The lowest BCUT2D eigenvalue weighted by molar-refractivity contribution is -0.137. The predicted molar refractivity (Wildman–Crippen MR) is 125 cm³/mol. The molecule has 0 aromatic heterocycles. The number of morpholine rings is 1. The fourth-order valence-electron chi connectivity index (χ4n) is 5.30. The van der Waals surface area contributed by atoms with Gasteiger partial charge in [-0.15, -0.1) is 0 Å². The van der Waals surface area contributed by atoms with Crippen LogP contribution in [0.15, 0.2) is 11.6 Å². The summed E-state index contributed by atoms with van der Waals surface area (Å²) >= 11 is 0. The van der Waals surface area contributed by atoms with Crippen molar-refractivity contribution in [1.82, 2.24) is 9.80 Å². The van der Waals surface area contributed by atoms with E-state index in [4.69, 9.17) is 19.3 Å². The zero-order chi connectivity index (χ0) is 24.0. The standard InChI is InChI=1S/C15H26O2.C10H16N2O4/c1-11(2)9-10-14-15(3,17-14)12-7-5-6-8-13(12)16-4;13-9(11-1-3-16-4-2-11)5-8-6-12(7-8)10(14)15/h9,12-14H,5-8,10H2,1-4H3;8H,1-7H2,(H,14,15). The molecule has 8 heteroatoms. The summed E-state index contributed by atoms with van der Waals surface area (Å²) in [5, 5.41) is 8.65. The lowest BCUT2D eigenvalue weighted by Crippen LogP contribution is -2.51. The average Bonchev–Trinajstić information content (AvgIpc) is 3.46. The molecule has 2 amide bonds. The number of hydrogen-bond acceptors (Lipinski definition) is 5. The number of carbonyl (C=O) groups excluding carboxylic acids is 1. The number of amides is 2. The van der Waals surface area contributed by atoms with Gasteiger partial charge in [0.25, 0.3) is 0 Å². The number of epoxide rings is 1. The van der Waals surface area contributed by atoms with Gasteiger partial charge in [-0.1, -0.05) is 24.5 Å². The highest BCUT2D eigenvalue weighted by Gasteiger charge is 2.58.